The first-order valence-electron chi connectivity index (χ1n) is 6.05. The molecule has 19 heavy (non-hydrogen) atoms. The number of aliphatic hydroxyl groups is 1. The van der Waals surface area contributed by atoms with Gasteiger partial charge in [0.1, 0.15) is 0 Å². The van der Waals surface area contributed by atoms with Crippen LogP contribution in [0.25, 0.3) is 0 Å². The molecule has 1 aliphatic carbocycles. The smallest absolute Gasteiger partial charge is 0.328 e. The van der Waals surface area contributed by atoms with E-state index < -0.39 is 24.6 Å². The van der Waals surface area contributed by atoms with E-state index in [9.17, 15) is 9.59 Å². The maximum atomic E-state index is 12.1. The van der Waals surface area contributed by atoms with E-state index in [4.69, 9.17) is 10.2 Å². The van der Waals surface area contributed by atoms with Gasteiger partial charge in [-0.2, -0.15) is 0 Å². The molecule has 0 aliphatic heterocycles. The molecule has 0 radical (unpaired) electrons. The highest BCUT2D eigenvalue weighted by atomic mass is 32.1. The number of hydrogen-bond acceptors (Lipinski definition) is 4. The lowest BCUT2D eigenvalue weighted by Gasteiger charge is -2.24. The number of carbonyl (C=O) groups excluding carboxylic acids is 1. The molecule has 0 saturated heterocycles. The molecule has 1 aromatic rings. The van der Waals surface area contributed by atoms with Gasteiger partial charge in [0, 0.05) is 10.9 Å². The van der Waals surface area contributed by atoms with E-state index >= 15 is 0 Å². The molecular weight excluding hydrogens is 268 g/mol. The highest BCUT2D eigenvalue weighted by molar-refractivity contribution is 7.09. The van der Waals surface area contributed by atoms with Crippen molar-refractivity contribution in [3.63, 3.8) is 0 Å². The van der Waals surface area contributed by atoms with Gasteiger partial charge in [0.15, 0.2) is 6.04 Å². The number of nitrogens with zero attached hydrogens (tertiary/aromatic N) is 1. The van der Waals surface area contributed by atoms with Crippen molar-refractivity contribution < 1.29 is 19.8 Å². The molecule has 6 nitrogen and oxygen atoms in total. The number of carboxylic acids is 1. The fraction of sp³-hybridized carbons (Fsp3) is 0.500. The van der Waals surface area contributed by atoms with Gasteiger partial charge in [-0.15, -0.1) is 11.3 Å². The predicted octanol–water partition coefficient (Wildman–Crippen LogP) is 0.868. The van der Waals surface area contributed by atoms with E-state index in [1.54, 1.807) is 16.2 Å². The monoisotopic (exact) mass is 284 g/mol. The number of amides is 2. The second kappa shape index (κ2) is 6.03. The van der Waals surface area contributed by atoms with Crippen LogP contribution in [0.3, 0.4) is 0 Å². The van der Waals surface area contributed by atoms with Crippen LogP contribution in [0.15, 0.2) is 17.5 Å². The van der Waals surface area contributed by atoms with Crippen LogP contribution in [-0.2, 0) is 11.3 Å². The lowest BCUT2D eigenvalue weighted by Crippen LogP contribution is -2.49. The van der Waals surface area contributed by atoms with E-state index in [2.05, 4.69) is 5.32 Å². The van der Waals surface area contributed by atoms with Crippen LogP contribution in [0, 0.1) is 0 Å². The Morgan fingerprint density at radius 1 is 1.53 bits per heavy atom. The van der Waals surface area contributed by atoms with Gasteiger partial charge in [0.2, 0.25) is 0 Å². The van der Waals surface area contributed by atoms with Gasteiger partial charge in [-0.3, -0.25) is 0 Å². The fourth-order valence-corrected chi connectivity index (χ4v) is 2.44. The SMILES string of the molecule is O=C(O)[C@H](CO)NC(=O)N(Cc1cccs1)C1CC1. The number of carboxylic acid groups (broad SMARTS) is 1. The lowest BCUT2D eigenvalue weighted by atomic mass is 10.3. The van der Waals surface area contributed by atoms with Crippen molar-refractivity contribution in [1.29, 1.82) is 0 Å². The third-order valence-electron chi connectivity index (χ3n) is 2.93. The largest absolute Gasteiger partial charge is 0.480 e. The predicted molar refractivity (Wildman–Crippen MR) is 69.9 cm³/mol. The van der Waals surface area contributed by atoms with Crippen molar-refractivity contribution in [2.45, 2.75) is 31.5 Å². The van der Waals surface area contributed by atoms with Crippen LogP contribution in [0.4, 0.5) is 4.79 Å². The van der Waals surface area contributed by atoms with Crippen LogP contribution in [0.5, 0.6) is 0 Å². The zero-order chi connectivity index (χ0) is 13.8. The summed E-state index contributed by atoms with van der Waals surface area (Å²) in [5.41, 5.74) is 0. The molecule has 1 saturated carbocycles. The summed E-state index contributed by atoms with van der Waals surface area (Å²) in [7, 11) is 0. The highest BCUT2D eigenvalue weighted by Crippen LogP contribution is 2.29. The molecule has 0 bridgehead atoms. The molecule has 2 amide bonds. The maximum absolute atomic E-state index is 12.1. The van der Waals surface area contributed by atoms with E-state index in [-0.39, 0.29) is 6.04 Å². The Balaban J connectivity index is 1.98. The van der Waals surface area contributed by atoms with Gasteiger partial charge >= 0.3 is 12.0 Å². The van der Waals surface area contributed by atoms with Crippen LogP contribution in [0.1, 0.15) is 17.7 Å². The first kappa shape index (κ1) is 13.8. The molecule has 3 N–H and O–H groups in total. The summed E-state index contributed by atoms with van der Waals surface area (Å²) >= 11 is 1.56. The summed E-state index contributed by atoms with van der Waals surface area (Å²) in [4.78, 5) is 25.6. The minimum atomic E-state index is -1.25. The molecule has 0 aromatic carbocycles. The third-order valence-corrected chi connectivity index (χ3v) is 3.79. The highest BCUT2D eigenvalue weighted by Gasteiger charge is 2.34. The van der Waals surface area contributed by atoms with E-state index in [0.29, 0.717) is 6.54 Å². The average Bonchev–Trinajstić information content (AvgIpc) is 3.09. The van der Waals surface area contributed by atoms with Gasteiger partial charge in [0.25, 0.3) is 0 Å². The summed E-state index contributed by atoms with van der Waals surface area (Å²) in [6, 6.07) is 2.34. The molecule has 104 valence electrons. The summed E-state index contributed by atoms with van der Waals surface area (Å²) in [5, 5.41) is 22.0. The summed E-state index contributed by atoms with van der Waals surface area (Å²) in [6.45, 7) is -0.134. The summed E-state index contributed by atoms with van der Waals surface area (Å²) < 4.78 is 0. The summed E-state index contributed by atoms with van der Waals surface area (Å²) in [5.74, 6) is -1.23. The van der Waals surface area contributed by atoms with Gasteiger partial charge < -0.3 is 20.4 Å². The Hall–Kier alpha value is -1.60. The molecule has 1 aliphatic rings. The lowest BCUT2D eigenvalue weighted by molar-refractivity contribution is -0.140. The Bertz CT molecular complexity index is 445. The second-order valence-corrected chi connectivity index (χ2v) is 5.49. The number of rotatable bonds is 6. The van der Waals surface area contributed by atoms with E-state index in [0.717, 1.165) is 17.7 Å². The zero-order valence-corrected chi connectivity index (χ0v) is 11.1. The molecule has 1 atom stereocenters. The molecule has 1 aromatic heterocycles. The van der Waals surface area contributed by atoms with Crippen molar-refractivity contribution >= 4 is 23.3 Å². The number of aliphatic carboxylic acids is 1. The van der Waals surface area contributed by atoms with Gasteiger partial charge in [0.05, 0.1) is 13.2 Å². The number of hydrogen-bond donors (Lipinski definition) is 3. The zero-order valence-electron chi connectivity index (χ0n) is 10.3. The Labute approximate surface area is 114 Å². The number of thiophene rings is 1. The Kier molecular flexibility index (Phi) is 4.39. The van der Waals surface area contributed by atoms with Crippen LogP contribution in [-0.4, -0.2) is 45.8 Å². The Morgan fingerprint density at radius 3 is 2.74 bits per heavy atom. The van der Waals surface area contributed by atoms with Crippen molar-refractivity contribution in [3.05, 3.63) is 22.4 Å². The summed E-state index contributed by atoms with van der Waals surface area (Å²) in [6.07, 6.45) is 1.88. The molecule has 1 fully saturated rings. The number of nitrogens with one attached hydrogen (secondary N) is 1. The topological polar surface area (TPSA) is 89.9 Å². The van der Waals surface area contributed by atoms with Crippen molar-refractivity contribution in [2.75, 3.05) is 6.61 Å². The first-order chi connectivity index (χ1) is 9.11. The molecular formula is C12H16N2O4S. The standard InChI is InChI=1S/C12H16N2O4S/c15-7-10(11(16)17)13-12(18)14(8-3-4-8)6-9-2-1-5-19-9/h1-2,5,8,10,15H,3-4,6-7H2,(H,13,18)(H,16,17)/t10-/m0/s1. The Morgan fingerprint density at radius 2 is 2.26 bits per heavy atom. The fourth-order valence-electron chi connectivity index (χ4n) is 1.74. The molecule has 0 unspecified atom stereocenters. The number of aliphatic hydroxyl groups excluding tert-OH is 1. The van der Waals surface area contributed by atoms with Crippen molar-refractivity contribution in [1.82, 2.24) is 10.2 Å². The third kappa shape index (κ3) is 3.68. The molecule has 2 rings (SSSR count). The van der Waals surface area contributed by atoms with Crippen LogP contribution in [0.2, 0.25) is 0 Å². The number of urea groups is 1. The first-order valence-corrected chi connectivity index (χ1v) is 6.93. The normalized spacial score (nSPS) is 15.8. The van der Waals surface area contributed by atoms with E-state index in [1.165, 1.54) is 0 Å². The van der Waals surface area contributed by atoms with Crippen LogP contribution >= 0.6 is 11.3 Å². The van der Waals surface area contributed by atoms with E-state index in [1.807, 2.05) is 17.5 Å². The van der Waals surface area contributed by atoms with Crippen LogP contribution < -0.4 is 5.32 Å². The van der Waals surface area contributed by atoms with Crippen molar-refractivity contribution in [2.24, 2.45) is 0 Å². The maximum Gasteiger partial charge on any atom is 0.328 e. The minimum Gasteiger partial charge on any atom is -0.480 e. The van der Waals surface area contributed by atoms with Gasteiger partial charge in [-0.05, 0) is 24.3 Å². The quantitative estimate of drug-likeness (QED) is 0.723. The average molecular weight is 284 g/mol. The number of carbonyl (C=O) groups is 2. The molecule has 1 heterocycles. The molecule has 0 spiro atoms. The van der Waals surface area contributed by atoms with Gasteiger partial charge in [-0.1, -0.05) is 6.07 Å². The van der Waals surface area contributed by atoms with Gasteiger partial charge in [-0.25, -0.2) is 9.59 Å². The second-order valence-electron chi connectivity index (χ2n) is 4.46. The van der Waals surface area contributed by atoms with Crippen molar-refractivity contribution in [3.8, 4) is 0 Å². The molecule has 7 heteroatoms. The minimum absolute atomic E-state index is 0.176.